The van der Waals surface area contributed by atoms with E-state index in [9.17, 15) is 15.3 Å². The molecule has 0 unspecified atom stereocenters. The lowest BCUT2D eigenvalue weighted by atomic mass is 9.53. The third kappa shape index (κ3) is 10.4. The number of phenolic OH excluding ortho intramolecular Hbond substituents is 3. The van der Waals surface area contributed by atoms with Gasteiger partial charge in [-0.2, -0.15) is 0 Å². The summed E-state index contributed by atoms with van der Waals surface area (Å²) in [6, 6.07) is 17.1. The third-order valence-electron chi connectivity index (χ3n) is 16.0. The highest BCUT2D eigenvalue weighted by Gasteiger charge is 2.48. The number of ether oxygens (including phenoxy) is 3. The predicted molar refractivity (Wildman–Crippen MR) is 243 cm³/mol. The van der Waals surface area contributed by atoms with E-state index in [1.807, 2.05) is 36.4 Å². The summed E-state index contributed by atoms with van der Waals surface area (Å²) in [7, 11) is 4.70. The normalized spacial score (nSPS) is 13.5. The molecule has 0 aliphatic carbocycles. The number of hydrogen-bond acceptors (Lipinski definition) is 6. The monoisotopic (exact) mass is 793 g/mol. The van der Waals surface area contributed by atoms with Crippen LogP contribution in [0, 0.1) is 32.5 Å². The van der Waals surface area contributed by atoms with Crippen LogP contribution in [0.5, 0.6) is 34.5 Å². The van der Waals surface area contributed by atoms with Crippen LogP contribution in [-0.2, 0) is 16.2 Å². The molecule has 3 rings (SSSR count). The summed E-state index contributed by atoms with van der Waals surface area (Å²) < 4.78 is 15.8. The van der Waals surface area contributed by atoms with Crippen molar-refractivity contribution in [1.82, 2.24) is 0 Å². The maximum atomic E-state index is 10.1. The molecule has 0 spiro atoms. The van der Waals surface area contributed by atoms with Crippen LogP contribution >= 0.6 is 0 Å². The first kappa shape index (κ1) is 51.5. The Morgan fingerprint density at radius 2 is 0.632 bits per heavy atom. The molecule has 6 nitrogen and oxygen atoms in total. The maximum Gasteiger partial charge on any atom is 0.200 e. The Labute approximate surface area is 349 Å². The molecule has 0 fully saturated rings. The van der Waals surface area contributed by atoms with E-state index in [0.29, 0.717) is 23.0 Å². The Bertz CT molecular complexity index is 1730. The van der Waals surface area contributed by atoms with E-state index in [2.05, 4.69) is 145 Å². The van der Waals surface area contributed by atoms with E-state index in [1.165, 1.54) is 11.1 Å². The number of aromatic hydroxyl groups is 3. The van der Waals surface area contributed by atoms with Crippen LogP contribution in [0.4, 0.5) is 0 Å². The molecule has 3 aromatic carbocycles. The van der Waals surface area contributed by atoms with Crippen LogP contribution < -0.4 is 14.2 Å². The second-order valence-electron chi connectivity index (χ2n) is 22.2. The van der Waals surface area contributed by atoms with Crippen molar-refractivity contribution in [3.05, 3.63) is 71.3 Å². The highest BCUT2D eigenvalue weighted by atomic mass is 16.5. The molecule has 0 saturated carbocycles. The number of phenols is 3. The van der Waals surface area contributed by atoms with Gasteiger partial charge in [-0.05, 0) is 102 Å². The van der Waals surface area contributed by atoms with Gasteiger partial charge in [-0.3, -0.25) is 0 Å². The fourth-order valence-electron chi connectivity index (χ4n) is 7.09. The first-order valence-electron chi connectivity index (χ1n) is 20.5. The Hall–Kier alpha value is -3.54. The van der Waals surface area contributed by atoms with Gasteiger partial charge >= 0.3 is 0 Å². The molecule has 0 saturated heterocycles. The number of benzene rings is 3. The Morgan fingerprint density at radius 3 is 0.947 bits per heavy atom. The van der Waals surface area contributed by atoms with Crippen molar-refractivity contribution in [1.29, 1.82) is 0 Å². The number of methoxy groups -OCH3 is 3. The average Bonchev–Trinajstić information content (AvgIpc) is 3.07. The fraction of sp³-hybridized carbons (Fsp3) is 0.647. The molecule has 0 bridgehead atoms. The Morgan fingerprint density at radius 1 is 0.351 bits per heavy atom. The number of rotatable bonds is 9. The standard InChI is InChI=1S/C18H30O3.C17H28O2.C16H26O/c1-16(2,3)18(6,7)17(4,5)12-10-13(20-8)15(19)14(11-12)21-9;1-15(2,3)17(6,7)16(4,5)12-9-10-13(18)14(11-12)19-8;1-14(2,3)16(6,7)15(4,5)12-8-10-13(17)11-9-12/h10-11,19H,1-9H3;9-11,18H,1-8H3;8-11,17H,1-7H3. The largest absolute Gasteiger partial charge is 0.508 e. The Balaban J connectivity index is 0.000000430. The van der Waals surface area contributed by atoms with Crippen LogP contribution in [0.2, 0.25) is 0 Å². The van der Waals surface area contributed by atoms with Gasteiger partial charge in [0.15, 0.2) is 23.0 Å². The van der Waals surface area contributed by atoms with Crippen LogP contribution in [0.15, 0.2) is 54.6 Å². The van der Waals surface area contributed by atoms with Gasteiger partial charge in [-0.15, -0.1) is 0 Å². The van der Waals surface area contributed by atoms with Gasteiger partial charge < -0.3 is 29.5 Å². The van der Waals surface area contributed by atoms with Crippen LogP contribution in [0.25, 0.3) is 0 Å². The summed E-state index contributed by atoms with van der Waals surface area (Å²) in [5.41, 5.74) is 4.20. The van der Waals surface area contributed by atoms with Crippen molar-refractivity contribution in [2.45, 2.75) is 162 Å². The zero-order valence-electron chi connectivity index (χ0n) is 40.8. The van der Waals surface area contributed by atoms with Gasteiger partial charge in [-0.25, -0.2) is 0 Å². The van der Waals surface area contributed by atoms with Crippen molar-refractivity contribution in [2.75, 3.05) is 21.3 Å². The lowest BCUT2D eigenvalue weighted by Crippen LogP contribution is -2.45. The third-order valence-corrected chi connectivity index (χ3v) is 16.0. The minimum Gasteiger partial charge on any atom is -0.508 e. The zero-order valence-corrected chi connectivity index (χ0v) is 40.8. The highest BCUT2D eigenvalue weighted by molar-refractivity contribution is 5.54. The van der Waals surface area contributed by atoms with Crippen LogP contribution in [0.3, 0.4) is 0 Å². The van der Waals surface area contributed by atoms with Crippen molar-refractivity contribution in [3.8, 4) is 34.5 Å². The molecule has 3 N–H and O–H groups in total. The summed E-state index contributed by atoms with van der Waals surface area (Å²) in [5, 5.41) is 29.2. The first-order chi connectivity index (χ1) is 25.3. The summed E-state index contributed by atoms with van der Waals surface area (Å²) in [6.07, 6.45) is 0. The van der Waals surface area contributed by atoms with Crippen molar-refractivity contribution < 1.29 is 29.5 Å². The first-order valence-corrected chi connectivity index (χ1v) is 20.5. The van der Waals surface area contributed by atoms with E-state index < -0.39 is 0 Å². The molecule has 57 heavy (non-hydrogen) atoms. The van der Waals surface area contributed by atoms with Crippen molar-refractivity contribution >= 4 is 0 Å². The van der Waals surface area contributed by atoms with Gasteiger partial charge in [-0.1, -0.05) is 164 Å². The summed E-state index contributed by atoms with van der Waals surface area (Å²) in [6.45, 7) is 47.7. The van der Waals surface area contributed by atoms with Gasteiger partial charge in [0.05, 0.1) is 21.3 Å². The molecule has 0 aliphatic rings. The molecule has 0 aromatic heterocycles. The molecule has 0 aliphatic heterocycles. The fourth-order valence-corrected chi connectivity index (χ4v) is 7.09. The smallest absolute Gasteiger partial charge is 0.200 e. The summed E-state index contributed by atoms with van der Waals surface area (Å²) in [4.78, 5) is 0. The minimum absolute atomic E-state index is 0.0208. The lowest BCUT2D eigenvalue weighted by molar-refractivity contribution is 0.0453. The SMILES string of the molecule is CC(C)(C)C(C)(C)C(C)(C)c1ccc(O)cc1.COc1cc(C(C)(C)C(C)(C)C(C)(C)C)cc(OC)c1O.COc1cc(C(C)(C)C(C)(C)C(C)(C)C)ccc1O. The molecule has 0 amide bonds. The lowest BCUT2D eigenvalue weighted by Gasteiger charge is -2.51. The molecule has 3 aromatic rings. The topological polar surface area (TPSA) is 88.4 Å². The van der Waals surface area contributed by atoms with Crippen molar-refractivity contribution in [3.63, 3.8) is 0 Å². The van der Waals surface area contributed by atoms with Crippen LogP contribution in [-0.4, -0.2) is 36.6 Å². The predicted octanol–water partition coefficient (Wildman–Crippen LogP) is 14.3. The van der Waals surface area contributed by atoms with E-state index in [0.717, 1.165) is 5.56 Å². The molecule has 6 heteroatoms. The Kier molecular flexibility index (Phi) is 15.7. The maximum absolute atomic E-state index is 10.1. The second-order valence-corrected chi connectivity index (χ2v) is 22.2. The molecule has 0 radical (unpaired) electrons. The average molecular weight is 793 g/mol. The quantitative estimate of drug-likeness (QED) is 0.200. The van der Waals surface area contributed by atoms with E-state index in [4.69, 9.17) is 14.2 Å². The molecular weight excluding hydrogens is 709 g/mol. The molecule has 0 atom stereocenters. The van der Waals surface area contributed by atoms with Gasteiger partial charge in [0.25, 0.3) is 0 Å². The van der Waals surface area contributed by atoms with Gasteiger partial charge in [0.2, 0.25) is 5.75 Å². The van der Waals surface area contributed by atoms with E-state index >= 15 is 0 Å². The minimum atomic E-state index is -0.125. The molecule has 0 heterocycles. The van der Waals surface area contributed by atoms with Gasteiger partial charge in [0, 0.05) is 0 Å². The molecular formula is C51H84O6. The molecule has 324 valence electrons. The van der Waals surface area contributed by atoms with Crippen molar-refractivity contribution in [2.24, 2.45) is 32.5 Å². The van der Waals surface area contributed by atoms with Crippen LogP contribution in [0.1, 0.15) is 162 Å². The zero-order chi connectivity index (χ0) is 45.2. The van der Waals surface area contributed by atoms with E-state index in [1.54, 1.807) is 39.5 Å². The summed E-state index contributed by atoms with van der Waals surface area (Å²) in [5.74, 6) is 2.00. The van der Waals surface area contributed by atoms with Gasteiger partial charge in [0.1, 0.15) is 5.75 Å². The second kappa shape index (κ2) is 17.4. The summed E-state index contributed by atoms with van der Waals surface area (Å²) >= 11 is 0. The highest BCUT2D eigenvalue weighted by Crippen LogP contribution is 2.56. The number of hydrogen-bond donors (Lipinski definition) is 3. The van der Waals surface area contributed by atoms with E-state index in [-0.39, 0.29) is 60.2 Å².